The number of nitrogens with zero attached hydrogens (tertiary/aromatic N) is 2. The molecule has 2 heterocycles. The molecule has 196 valence electrons. The van der Waals surface area contributed by atoms with E-state index in [4.69, 9.17) is 5.21 Å². The number of carbonyl (C=O) groups is 2. The van der Waals surface area contributed by atoms with E-state index >= 15 is 0 Å². The van der Waals surface area contributed by atoms with E-state index in [9.17, 15) is 9.59 Å². The van der Waals surface area contributed by atoms with E-state index in [-0.39, 0.29) is 11.9 Å². The number of hydrogen-bond acceptors (Lipinski definition) is 4. The fourth-order valence-electron chi connectivity index (χ4n) is 5.39. The van der Waals surface area contributed by atoms with Gasteiger partial charge in [-0.15, -0.1) is 0 Å². The molecule has 1 aliphatic rings. The largest absolute Gasteiger partial charge is 0.363 e. The highest BCUT2D eigenvalue weighted by molar-refractivity contribution is 5.94. The molecule has 0 aliphatic heterocycles. The second-order valence-corrected chi connectivity index (χ2v) is 10.0. The van der Waals surface area contributed by atoms with Gasteiger partial charge in [0.1, 0.15) is 0 Å². The van der Waals surface area contributed by atoms with Gasteiger partial charge in [0, 0.05) is 68.3 Å². The van der Waals surface area contributed by atoms with Crippen LogP contribution in [0.5, 0.6) is 0 Å². The Labute approximate surface area is 221 Å². The molecule has 1 unspecified atom stereocenters. The van der Waals surface area contributed by atoms with E-state index < -0.39 is 5.91 Å². The molecule has 8 nitrogen and oxygen atoms in total. The Morgan fingerprint density at radius 3 is 2.76 bits per heavy atom. The predicted octanol–water partition coefficient (Wildman–Crippen LogP) is 4.45. The Morgan fingerprint density at radius 2 is 1.95 bits per heavy atom. The number of carbonyl (C=O) groups excluding carboxylic acids is 2. The molecule has 38 heavy (non-hydrogen) atoms. The Balaban J connectivity index is 1.40. The Kier molecular flexibility index (Phi) is 7.44. The number of amides is 2. The van der Waals surface area contributed by atoms with Crippen LogP contribution in [-0.4, -0.2) is 57.4 Å². The first kappa shape index (κ1) is 25.5. The van der Waals surface area contributed by atoms with Gasteiger partial charge >= 0.3 is 0 Å². The van der Waals surface area contributed by atoms with Crippen molar-refractivity contribution < 1.29 is 14.8 Å². The Morgan fingerprint density at radius 1 is 1.11 bits per heavy atom. The van der Waals surface area contributed by atoms with Gasteiger partial charge < -0.3 is 14.9 Å². The van der Waals surface area contributed by atoms with Crippen LogP contribution in [0, 0.1) is 0 Å². The van der Waals surface area contributed by atoms with Crippen molar-refractivity contribution >= 4 is 28.8 Å². The van der Waals surface area contributed by atoms with Crippen LogP contribution in [0.2, 0.25) is 0 Å². The van der Waals surface area contributed by atoms with Crippen molar-refractivity contribution in [3.63, 3.8) is 0 Å². The third-order valence-electron chi connectivity index (χ3n) is 7.30. The highest BCUT2D eigenvalue weighted by Crippen LogP contribution is 2.37. The molecule has 0 saturated heterocycles. The maximum atomic E-state index is 12.5. The van der Waals surface area contributed by atoms with Gasteiger partial charge in [0.15, 0.2) is 0 Å². The van der Waals surface area contributed by atoms with Crippen molar-refractivity contribution in [2.75, 3.05) is 20.6 Å². The summed E-state index contributed by atoms with van der Waals surface area (Å²) in [6, 6.07) is 16.9. The average Bonchev–Trinajstić information content (AvgIpc) is 3.67. The van der Waals surface area contributed by atoms with Gasteiger partial charge in [0.05, 0.1) is 5.56 Å². The molecular formula is C30H33N5O3. The third kappa shape index (κ3) is 5.41. The lowest BCUT2D eigenvalue weighted by Crippen LogP contribution is -2.29. The monoisotopic (exact) mass is 511 g/mol. The quantitative estimate of drug-likeness (QED) is 0.151. The van der Waals surface area contributed by atoms with Gasteiger partial charge in [-0.3, -0.25) is 19.7 Å². The topological polar surface area (TPSA) is 104 Å². The molecule has 0 fully saturated rings. The fourth-order valence-corrected chi connectivity index (χ4v) is 5.39. The number of nitrogens with one attached hydrogen (secondary N) is 3. The van der Waals surface area contributed by atoms with Gasteiger partial charge in [-0.1, -0.05) is 36.4 Å². The molecule has 2 aromatic heterocycles. The van der Waals surface area contributed by atoms with E-state index in [2.05, 4.69) is 51.4 Å². The van der Waals surface area contributed by atoms with Crippen molar-refractivity contribution in [2.45, 2.75) is 31.8 Å². The number of aryl methyl sites for hydroxylation is 1. The van der Waals surface area contributed by atoms with Crippen molar-refractivity contribution in [1.29, 1.82) is 0 Å². The molecule has 4 N–H and O–H groups in total. The van der Waals surface area contributed by atoms with Crippen LogP contribution < -0.4 is 5.48 Å². The summed E-state index contributed by atoms with van der Waals surface area (Å²) in [4.78, 5) is 34.6. The molecule has 2 amide bonds. The standard InChI is InChI=1S/C30H33N5O3/c1-34(2)30(37)23-16-24(31-18-23)19-35(14-13-22-17-32-27-6-4-3-5-25(22)27)28-11-9-21-15-20(7-10-26(21)28)8-12-29(36)33-38/h3-8,10,12,15-18,28,31-32,38H,9,11,13-14,19H2,1-2H3,(H,33,36)/b12-8+. The van der Waals surface area contributed by atoms with Crippen LogP contribution in [0.1, 0.15) is 50.8 Å². The van der Waals surface area contributed by atoms with E-state index in [1.807, 2.05) is 18.2 Å². The first-order valence-electron chi connectivity index (χ1n) is 12.9. The molecule has 8 heteroatoms. The number of hydrogen-bond donors (Lipinski definition) is 4. The van der Waals surface area contributed by atoms with Gasteiger partial charge in [-0.05, 0) is 59.7 Å². The fraction of sp³-hybridized carbons (Fsp3) is 0.267. The van der Waals surface area contributed by atoms with Crippen molar-refractivity contribution in [2.24, 2.45) is 0 Å². The number of aromatic nitrogens is 2. The van der Waals surface area contributed by atoms with Crippen LogP contribution in [0.15, 0.2) is 67.0 Å². The smallest absolute Gasteiger partial charge is 0.267 e. The predicted molar refractivity (Wildman–Crippen MR) is 148 cm³/mol. The summed E-state index contributed by atoms with van der Waals surface area (Å²) in [7, 11) is 3.52. The molecule has 1 atom stereocenters. The summed E-state index contributed by atoms with van der Waals surface area (Å²) in [5.74, 6) is -0.565. The molecule has 0 saturated carbocycles. The number of fused-ring (bicyclic) bond motifs is 2. The molecule has 4 aromatic rings. The zero-order valence-electron chi connectivity index (χ0n) is 21.7. The SMILES string of the molecule is CN(C)C(=O)c1c[nH]c(CN(CCc2c[nH]c3ccccc23)C2CCc3cc(/C=C/C(=O)NO)ccc32)c1. The highest BCUT2D eigenvalue weighted by Gasteiger charge is 2.28. The Hall–Kier alpha value is -4.14. The molecule has 1 aliphatic carbocycles. The number of aromatic amines is 2. The van der Waals surface area contributed by atoms with Crippen LogP contribution >= 0.6 is 0 Å². The lowest BCUT2D eigenvalue weighted by atomic mass is 10.0. The Bertz CT molecular complexity index is 1480. The number of rotatable bonds is 9. The number of para-hydroxylation sites is 1. The summed E-state index contributed by atoms with van der Waals surface area (Å²) >= 11 is 0. The molecular weight excluding hydrogens is 478 g/mol. The van der Waals surface area contributed by atoms with Gasteiger partial charge in [0.2, 0.25) is 0 Å². The minimum atomic E-state index is -0.551. The van der Waals surface area contributed by atoms with Crippen molar-refractivity contribution in [3.05, 3.63) is 101 Å². The lowest BCUT2D eigenvalue weighted by molar-refractivity contribution is -0.124. The molecule has 5 rings (SSSR count). The average molecular weight is 512 g/mol. The maximum Gasteiger partial charge on any atom is 0.267 e. The number of hydroxylamine groups is 1. The van der Waals surface area contributed by atoms with Crippen molar-refractivity contribution in [3.8, 4) is 0 Å². The zero-order chi connectivity index (χ0) is 26.6. The minimum absolute atomic E-state index is 0.0143. The summed E-state index contributed by atoms with van der Waals surface area (Å²) < 4.78 is 0. The van der Waals surface area contributed by atoms with Gasteiger partial charge in [0.25, 0.3) is 11.8 Å². The zero-order valence-corrected chi connectivity index (χ0v) is 21.7. The van der Waals surface area contributed by atoms with Crippen LogP contribution in [-0.2, 0) is 24.2 Å². The van der Waals surface area contributed by atoms with E-state index in [1.54, 1.807) is 36.7 Å². The summed E-state index contributed by atoms with van der Waals surface area (Å²) in [6.07, 6.45) is 9.77. The van der Waals surface area contributed by atoms with Crippen LogP contribution in [0.25, 0.3) is 17.0 Å². The molecule has 2 aromatic carbocycles. The first-order valence-corrected chi connectivity index (χ1v) is 12.9. The van der Waals surface area contributed by atoms with Crippen molar-refractivity contribution in [1.82, 2.24) is 25.2 Å². The van der Waals surface area contributed by atoms with E-state index in [1.165, 1.54) is 28.2 Å². The highest BCUT2D eigenvalue weighted by atomic mass is 16.5. The minimum Gasteiger partial charge on any atom is -0.363 e. The normalized spacial score (nSPS) is 14.9. The van der Waals surface area contributed by atoms with E-state index in [0.29, 0.717) is 12.1 Å². The summed E-state index contributed by atoms with van der Waals surface area (Å²) in [5, 5.41) is 9.99. The lowest BCUT2D eigenvalue weighted by Gasteiger charge is -2.29. The first-order chi connectivity index (χ1) is 18.4. The second-order valence-electron chi connectivity index (χ2n) is 10.0. The van der Waals surface area contributed by atoms with Gasteiger partial charge in [-0.25, -0.2) is 5.48 Å². The van der Waals surface area contributed by atoms with E-state index in [0.717, 1.165) is 42.6 Å². The molecule has 0 radical (unpaired) electrons. The summed E-state index contributed by atoms with van der Waals surface area (Å²) in [5.41, 5.74) is 9.23. The third-order valence-corrected chi connectivity index (χ3v) is 7.30. The van der Waals surface area contributed by atoms with Crippen LogP contribution in [0.3, 0.4) is 0 Å². The number of H-pyrrole nitrogens is 2. The second kappa shape index (κ2) is 11.1. The van der Waals surface area contributed by atoms with Crippen LogP contribution in [0.4, 0.5) is 0 Å². The molecule has 0 spiro atoms. The van der Waals surface area contributed by atoms with Gasteiger partial charge in [-0.2, -0.15) is 0 Å². The number of benzene rings is 2. The maximum absolute atomic E-state index is 12.5. The summed E-state index contributed by atoms with van der Waals surface area (Å²) in [6.45, 7) is 1.56. The molecule has 0 bridgehead atoms.